The lowest BCUT2D eigenvalue weighted by atomic mass is 9.97. The molecule has 0 fully saturated rings. The lowest BCUT2D eigenvalue weighted by Crippen LogP contribution is -2.42. The maximum absolute atomic E-state index is 12.8. The van der Waals surface area contributed by atoms with Crippen molar-refractivity contribution in [2.45, 2.75) is 49.9 Å². The van der Waals surface area contributed by atoms with E-state index < -0.39 is 17.2 Å². The molecule has 3 amide bonds. The van der Waals surface area contributed by atoms with Gasteiger partial charge in [-0.25, -0.2) is 9.78 Å². The zero-order chi connectivity index (χ0) is 18.8. The van der Waals surface area contributed by atoms with E-state index in [2.05, 4.69) is 15.6 Å². The fraction of sp³-hybridized carbons (Fsp3) is 0.529. The first-order valence-electron chi connectivity index (χ1n) is 8.69. The average molecular weight is 395 g/mol. The van der Waals surface area contributed by atoms with Gasteiger partial charge >= 0.3 is 6.03 Å². The number of fused-ring (bicyclic) bond motifs is 3. The summed E-state index contributed by atoms with van der Waals surface area (Å²) in [6.45, 7) is 3.91. The predicted molar refractivity (Wildman–Crippen MR) is 104 cm³/mol. The van der Waals surface area contributed by atoms with Crippen LogP contribution in [0.1, 0.15) is 37.1 Å². The number of hydrogen-bond donors (Lipinski definition) is 2. The van der Waals surface area contributed by atoms with Crippen molar-refractivity contribution in [2.75, 3.05) is 6.54 Å². The van der Waals surface area contributed by atoms with Gasteiger partial charge < -0.3 is 5.32 Å². The topological polar surface area (TPSA) is 93.1 Å². The molecule has 9 heteroatoms. The minimum atomic E-state index is -0.553. The Kier molecular flexibility index (Phi) is 5.67. The highest BCUT2D eigenvalue weighted by Crippen LogP contribution is 2.34. The van der Waals surface area contributed by atoms with Crippen LogP contribution >= 0.6 is 23.1 Å². The quantitative estimate of drug-likeness (QED) is 0.613. The second-order valence-corrected chi connectivity index (χ2v) is 8.65. The van der Waals surface area contributed by atoms with Gasteiger partial charge in [-0.2, -0.15) is 0 Å². The van der Waals surface area contributed by atoms with Crippen molar-refractivity contribution < 1.29 is 9.59 Å². The molecule has 3 rings (SSSR count). The Morgan fingerprint density at radius 2 is 2.08 bits per heavy atom. The molecule has 2 aromatic rings. The van der Waals surface area contributed by atoms with E-state index in [-0.39, 0.29) is 5.56 Å². The number of aryl methyl sites for hydroxylation is 2. The molecule has 0 bridgehead atoms. The van der Waals surface area contributed by atoms with Crippen molar-refractivity contribution in [3.8, 4) is 0 Å². The summed E-state index contributed by atoms with van der Waals surface area (Å²) in [6, 6.07) is -0.520. The lowest BCUT2D eigenvalue weighted by molar-refractivity contribution is -0.119. The summed E-state index contributed by atoms with van der Waals surface area (Å²) < 4.78 is 1.50. The van der Waals surface area contributed by atoms with Crippen LogP contribution in [0.25, 0.3) is 10.2 Å². The molecule has 1 atom stereocenters. The van der Waals surface area contributed by atoms with E-state index in [0.717, 1.165) is 41.5 Å². The van der Waals surface area contributed by atoms with Crippen LogP contribution < -0.4 is 16.2 Å². The van der Waals surface area contributed by atoms with Gasteiger partial charge in [-0.05, 0) is 45.1 Å². The number of carbonyl (C=O) groups excluding carboxylic acids is 2. The number of urea groups is 1. The van der Waals surface area contributed by atoms with E-state index in [1.807, 2.05) is 0 Å². The average Bonchev–Trinajstić information content (AvgIpc) is 2.97. The Bertz CT molecular complexity index is 919. The molecule has 0 saturated heterocycles. The summed E-state index contributed by atoms with van der Waals surface area (Å²) in [5, 5.41) is 5.47. The summed E-state index contributed by atoms with van der Waals surface area (Å²) >= 11 is 2.77. The third kappa shape index (κ3) is 3.64. The third-order valence-electron chi connectivity index (χ3n) is 4.38. The summed E-state index contributed by atoms with van der Waals surface area (Å²) in [5.41, 5.74) is 1.09. The summed E-state index contributed by atoms with van der Waals surface area (Å²) in [7, 11) is 1.68. The number of thioether (sulfide) groups is 1. The smallest absolute Gasteiger partial charge is 0.321 e. The molecule has 1 aliphatic rings. The van der Waals surface area contributed by atoms with Gasteiger partial charge in [-0.3, -0.25) is 19.5 Å². The van der Waals surface area contributed by atoms with Crippen molar-refractivity contribution in [3.05, 3.63) is 20.8 Å². The number of aromatic nitrogens is 2. The van der Waals surface area contributed by atoms with E-state index in [9.17, 15) is 14.4 Å². The number of carbonyl (C=O) groups is 2. The SMILES string of the molecule is CCNC(=O)NC(=O)[C@@H](C)Sc1nc2sc3c(c2c(=O)n1C)CCCC3. The number of imide groups is 1. The molecule has 2 N–H and O–H groups in total. The first kappa shape index (κ1) is 18.9. The number of nitrogens with zero attached hydrogens (tertiary/aromatic N) is 2. The van der Waals surface area contributed by atoms with Gasteiger partial charge in [0.1, 0.15) is 4.83 Å². The molecule has 140 valence electrons. The zero-order valence-electron chi connectivity index (χ0n) is 15.0. The molecule has 0 spiro atoms. The predicted octanol–water partition coefficient (Wildman–Crippen LogP) is 2.20. The lowest BCUT2D eigenvalue weighted by Gasteiger charge is -2.13. The molecule has 26 heavy (non-hydrogen) atoms. The molecule has 1 aliphatic carbocycles. The highest BCUT2D eigenvalue weighted by molar-refractivity contribution is 8.00. The van der Waals surface area contributed by atoms with Crippen molar-refractivity contribution in [3.63, 3.8) is 0 Å². The minimum Gasteiger partial charge on any atom is -0.338 e. The zero-order valence-corrected chi connectivity index (χ0v) is 16.7. The van der Waals surface area contributed by atoms with E-state index in [4.69, 9.17) is 0 Å². The monoisotopic (exact) mass is 394 g/mol. The molecule has 2 heterocycles. The van der Waals surface area contributed by atoms with Crippen molar-refractivity contribution in [1.29, 1.82) is 0 Å². The van der Waals surface area contributed by atoms with Gasteiger partial charge in [0.25, 0.3) is 5.56 Å². The van der Waals surface area contributed by atoms with Crippen LogP contribution in [0.5, 0.6) is 0 Å². The molecular weight excluding hydrogens is 372 g/mol. The summed E-state index contributed by atoms with van der Waals surface area (Å²) in [6.07, 6.45) is 4.20. The fourth-order valence-corrected chi connectivity index (χ4v) is 5.18. The largest absolute Gasteiger partial charge is 0.338 e. The van der Waals surface area contributed by atoms with Crippen molar-refractivity contribution >= 4 is 45.3 Å². The Hall–Kier alpha value is -1.87. The van der Waals surface area contributed by atoms with Crippen molar-refractivity contribution in [1.82, 2.24) is 20.2 Å². The number of rotatable bonds is 4. The van der Waals surface area contributed by atoms with Crippen LogP contribution in [0.3, 0.4) is 0 Å². The van der Waals surface area contributed by atoms with E-state index in [1.165, 1.54) is 21.2 Å². The van der Waals surface area contributed by atoms with E-state index in [1.54, 1.807) is 32.2 Å². The normalized spacial score (nSPS) is 14.7. The maximum Gasteiger partial charge on any atom is 0.321 e. The third-order valence-corrected chi connectivity index (χ3v) is 6.71. The van der Waals surface area contributed by atoms with Gasteiger partial charge in [-0.1, -0.05) is 11.8 Å². The Labute approximate surface area is 159 Å². The van der Waals surface area contributed by atoms with Gasteiger partial charge in [0, 0.05) is 18.5 Å². The summed E-state index contributed by atoms with van der Waals surface area (Å²) in [5.74, 6) is -0.416. The molecule has 0 saturated carbocycles. The second-order valence-electron chi connectivity index (χ2n) is 6.26. The first-order chi connectivity index (χ1) is 12.4. The van der Waals surface area contributed by atoms with E-state index in [0.29, 0.717) is 11.7 Å². The molecule has 0 unspecified atom stereocenters. The highest BCUT2D eigenvalue weighted by Gasteiger charge is 2.23. The Morgan fingerprint density at radius 1 is 1.35 bits per heavy atom. The van der Waals surface area contributed by atoms with E-state index >= 15 is 0 Å². The number of thiophene rings is 1. The van der Waals surface area contributed by atoms with Gasteiger partial charge in [0.15, 0.2) is 5.16 Å². The van der Waals surface area contributed by atoms with Gasteiger partial charge in [0.05, 0.1) is 10.6 Å². The van der Waals surface area contributed by atoms with Gasteiger partial charge in [0.2, 0.25) is 5.91 Å². The van der Waals surface area contributed by atoms with Gasteiger partial charge in [-0.15, -0.1) is 11.3 Å². The molecule has 0 aromatic carbocycles. The van der Waals surface area contributed by atoms with Crippen LogP contribution in [0, 0.1) is 0 Å². The van der Waals surface area contributed by atoms with Crippen LogP contribution in [0.4, 0.5) is 4.79 Å². The fourth-order valence-electron chi connectivity index (χ4n) is 3.00. The molecule has 7 nitrogen and oxygen atoms in total. The molecular formula is C17H22N4O3S2. The molecule has 0 aliphatic heterocycles. The van der Waals surface area contributed by atoms with Crippen LogP contribution in [0.15, 0.2) is 9.95 Å². The number of nitrogens with one attached hydrogen (secondary N) is 2. The second kappa shape index (κ2) is 7.79. The number of amides is 3. The molecule has 2 aromatic heterocycles. The van der Waals surface area contributed by atoms with Crippen molar-refractivity contribution in [2.24, 2.45) is 7.05 Å². The number of hydrogen-bond acceptors (Lipinski definition) is 6. The van der Waals surface area contributed by atoms with Crippen LogP contribution in [0.2, 0.25) is 0 Å². The summed E-state index contributed by atoms with van der Waals surface area (Å²) in [4.78, 5) is 43.1. The maximum atomic E-state index is 12.8. The molecule has 0 radical (unpaired) electrons. The first-order valence-corrected chi connectivity index (χ1v) is 10.4. The van der Waals surface area contributed by atoms with Crippen LogP contribution in [-0.4, -0.2) is 33.3 Å². The Morgan fingerprint density at radius 3 is 2.81 bits per heavy atom. The van der Waals surface area contributed by atoms with Crippen LogP contribution in [-0.2, 0) is 24.7 Å². The standard InChI is InChI=1S/C17H22N4O3S2/c1-4-18-16(24)19-13(22)9(2)25-17-20-14-12(15(23)21(17)3)10-7-5-6-8-11(10)26-14/h9H,4-8H2,1-3H3,(H2,18,19,22,24)/t9-/m1/s1. The minimum absolute atomic E-state index is 0.0618. The highest BCUT2D eigenvalue weighted by atomic mass is 32.2. The Balaban J connectivity index is 1.86.